The summed E-state index contributed by atoms with van der Waals surface area (Å²) in [5.41, 5.74) is 2.11. The molecule has 10 heteroatoms. The number of carbonyl (C=O) groups is 1. The first-order chi connectivity index (χ1) is 16.8. The van der Waals surface area contributed by atoms with Gasteiger partial charge in [0.1, 0.15) is 6.04 Å². The van der Waals surface area contributed by atoms with Crippen molar-refractivity contribution in [3.05, 3.63) is 72.3 Å². The third kappa shape index (κ3) is 6.02. The molecule has 0 bridgehead atoms. The Morgan fingerprint density at radius 3 is 2.23 bits per heavy atom. The second kappa shape index (κ2) is 10.4. The fraction of sp³-hybridized carbons (Fsp3) is 0.200. The number of fused-ring (bicyclic) bond motifs is 1. The van der Waals surface area contributed by atoms with Gasteiger partial charge in [-0.2, -0.15) is 5.26 Å². The van der Waals surface area contributed by atoms with E-state index in [0.717, 1.165) is 6.42 Å². The summed E-state index contributed by atoms with van der Waals surface area (Å²) < 4.78 is 39.4. The molecule has 1 amide bonds. The van der Waals surface area contributed by atoms with E-state index in [1.807, 2.05) is 6.07 Å². The number of sulfonamides is 1. The SMILES string of the molecule is C[C@H](Nc1ccc(NS(=O)(=O)c2ccc3c(c2)OCCCO3)cc1)C(=O)Nc1ccc(C#N)cc1. The summed E-state index contributed by atoms with van der Waals surface area (Å²) in [6, 6.07) is 19.1. The molecule has 1 heterocycles. The van der Waals surface area contributed by atoms with Crippen LogP contribution in [0.5, 0.6) is 11.5 Å². The molecule has 0 saturated carbocycles. The fourth-order valence-electron chi connectivity index (χ4n) is 3.35. The van der Waals surface area contributed by atoms with Crippen LogP contribution in [0.15, 0.2) is 71.6 Å². The molecule has 0 saturated heterocycles. The topological polar surface area (TPSA) is 130 Å². The van der Waals surface area contributed by atoms with Gasteiger partial charge in [-0.05, 0) is 67.6 Å². The Balaban J connectivity index is 1.37. The summed E-state index contributed by atoms with van der Waals surface area (Å²) in [6.07, 6.45) is 0.727. The van der Waals surface area contributed by atoms with Crippen LogP contribution in [0.1, 0.15) is 18.9 Å². The largest absolute Gasteiger partial charge is 0.490 e. The number of amides is 1. The van der Waals surface area contributed by atoms with E-state index in [-0.39, 0.29) is 10.8 Å². The number of hydrogen-bond donors (Lipinski definition) is 3. The number of nitrogens with zero attached hydrogens (tertiary/aromatic N) is 1. The van der Waals surface area contributed by atoms with Crippen LogP contribution >= 0.6 is 0 Å². The number of rotatable bonds is 7. The molecule has 3 aromatic rings. The van der Waals surface area contributed by atoms with Gasteiger partial charge < -0.3 is 20.1 Å². The van der Waals surface area contributed by atoms with E-state index in [9.17, 15) is 13.2 Å². The van der Waals surface area contributed by atoms with Crippen molar-refractivity contribution >= 4 is 33.0 Å². The number of anilines is 3. The summed E-state index contributed by atoms with van der Waals surface area (Å²) >= 11 is 0. The molecule has 0 radical (unpaired) electrons. The minimum Gasteiger partial charge on any atom is -0.490 e. The Labute approximate surface area is 203 Å². The second-order valence-corrected chi connectivity index (χ2v) is 9.57. The predicted octanol–water partition coefficient (Wildman–Crippen LogP) is 3.96. The zero-order valence-corrected chi connectivity index (χ0v) is 19.8. The Morgan fingerprint density at radius 1 is 0.914 bits per heavy atom. The Bertz CT molecular complexity index is 1350. The van der Waals surface area contributed by atoms with Crippen LogP contribution in [-0.4, -0.2) is 33.6 Å². The van der Waals surface area contributed by atoms with E-state index in [2.05, 4.69) is 15.4 Å². The number of benzene rings is 3. The third-order valence-electron chi connectivity index (χ3n) is 5.22. The van der Waals surface area contributed by atoms with Crippen molar-refractivity contribution in [2.75, 3.05) is 28.6 Å². The van der Waals surface area contributed by atoms with Crippen LogP contribution in [0.25, 0.3) is 0 Å². The highest BCUT2D eigenvalue weighted by molar-refractivity contribution is 7.92. The average molecular weight is 493 g/mol. The fourth-order valence-corrected chi connectivity index (χ4v) is 4.43. The van der Waals surface area contributed by atoms with Crippen LogP contribution in [-0.2, 0) is 14.8 Å². The molecule has 4 rings (SSSR count). The molecule has 0 aliphatic carbocycles. The van der Waals surface area contributed by atoms with Gasteiger partial charge in [-0.25, -0.2) is 8.42 Å². The molecule has 180 valence electrons. The molecule has 35 heavy (non-hydrogen) atoms. The minimum atomic E-state index is -3.84. The maximum atomic E-state index is 12.8. The quantitative estimate of drug-likeness (QED) is 0.455. The summed E-state index contributed by atoms with van der Waals surface area (Å²) in [5.74, 6) is 0.668. The molecular formula is C25H24N4O5S. The third-order valence-corrected chi connectivity index (χ3v) is 6.60. The molecular weight excluding hydrogens is 468 g/mol. The van der Waals surface area contributed by atoms with E-state index < -0.39 is 16.1 Å². The molecule has 0 unspecified atom stereocenters. The number of nitrogens with one attached hydrogen (secondary N) is 3. The van der Waals surface area contributed by atoms with Crippen molar-refractivity contribution in [3.8, 4) is 17.6 Å². The lowest BCUT2D eigenvalue weighted by atomic mass is 10.2. The summed E-state index contributed by atoms with van der Waals surface area (Å²) in [7, 11) is -3.84. The molecule has 3 N–H and O–H groups in total. The van der Waals surface area contributed by atoms with E-state index in [1.54, 1.807) is 61.5 Å². The highest BCUT2D eigenvalue weighted by Gasteiger charge is 2.19. The molecule has 1 aliphatic heterocycles. The van der Waals surface area contributed by atoms with E-state index in [4.69, 9.17) is 14.7 Å². The normalized spacial score (nSPS) is 13.6. The van der Waals surface area contributed by atoms with Crippen molar-refractivity contribution in [3.63, 3.8) is 0 Å². The first kappa shape index (κ1) is 23.9. The lowest BCUT2D eigenvalue weighted by molar-refractivity contribution is -0.116. The lowest BCUT2D eigenvalue weighted by Gasteiger charge is -2.16. The van der Waals surface area contributed by atoms with Crippen LogP contribution < -0.4 is 24.8 Å². The van der Waals surface area contributed by atoms with E-state index >= 15 is 0 Å². The first-order valence-corrected chi connectivity index (χ1v) is 12.4. The molecule has 0 aromatic heterocycles. The van der Waals surface area contributed by atoms with Gasteiger partial charge in [-0.15, -0.1) is 0 Å². The Hall–Kier alpha value is -4.23. The number of ether oxygens (including phenoxy) is 2. The average Bonchev–Trinajstić information content (AvgIpc) is 3.10. The van der Waals surface area contributed by atoms with Gasteiger partial charge in [0.25, 0.3) is 10.0 Å². The van der Waals surface area contributed by atoms with Crippen LogP contribution in [0.2, 0.25) is 0 Å². The van der Waals surface area contributed by atoms with Gasteiger partial charge in [-0.3, -0.25) is 9.52 Å². The zero-order valence-electron chi connectivity index (χ0n) is 18.9. The highest BCUT2D eigenvalue weighted by atomic mass is 32.2. The number of hydrogen-bond acceptors (Lipinski definition) is 7. The maximum Gasteiger partial charge on any atom is 0.262 e. The van der Waals surface area contributed by atoms with E-state index in [0.29, 0.717) is 47.3 Å². The van der Waals surface area contributed by atoms with Crippen molar-refractivity contribution < 1.29 is 22.7 Å². The lowest BCUT2D eigenvalue weighted by Crippen LogP contribution is -2.31. The monoisotopic (exact) mass is 492 g/mol. The summed E-state index contributed by atoms with van der Waals surface area (Å²) in [6.45, 7) is 2.69. The van der Waals surface area contributed by atoms with Crippen LogP contribution in [0, 0.1) is 11.3 Å². The maximum absolute atomic E-state index is 12.8. The van der Waals surface area contributed by atoms with Gasteiger partial charge in [0, 0.05) is 29.5 Å². The molecule has 9 nitrogen and oxygen atoms in total. The zero-order chi connectivity index (χ0) is 24.8. The number of nitriles is 1. The summed E-state index contributed by atoms with van der Waals surface area (Å²) in [4.78, 5) is 12.5. The van der Waals surface area contributed by atoms with Crippen molar-refractivity contribution in [1.82, 2.24) is 0 Å². The minimum absolute atomic E-state index is 0.0667. The molecule has 0 spiro atoms. The van der Waals surface area contributed by atoms with Gasteiger partial charge in [0.15, 0.2) is 11.5 Å². The van der Waals surface area contributed by atoms with Crippen LogP contribution in [0.3, 0.4) is 0 Å². The van der Waals surface area contributed by atoms with Crippen LogP contribution in [0.4, 0.5) is 17.1 Å². The first-order valence-electron chi connectivity index (χ1n) is 10.9. The second-order valence-electron chi connectivity index (χ2n) is 7.89. The van der Waals surface area contributed by atoms with E-state index in [1.165, 1.54) is 12.1 Å². The number of carbonyl (C=O) groups excluding carboxylic acids is 1. The Morgan fingerprint density at radius 2 is 1.54 bits per heavy atom. The van der Waals surface area contributed by atoms with Gasteiger partial charge >= 0.3 is 0 Å². The smallest absolute Gasteiger partial charge is 0.262 e. The molecule has 1 atom stereocenters. The van der Waals surface area contributed by atoms with Gasteiger partial charge in [0.05, 0.1) is 29.7 Å². The Kier molecular flexibility index (Phi) is 7.08. The predicted molar refractivity (Wildman–Crippen MR) is 132 cm³/mol. The summed E-state index contributed by atoms with van der Waals surface area (Å²) in [5, 5.41) is 14.7. The van der Waals surface area contributed by atoms with Crippen molar-refractivity contribution in [1.29, 1.82) is 5.26 Å². The standard InChI is InChI=1S/C25H24N4O5S/c1-17(25(30)28-20-5-3-18(16-26)4-6-20)27-19-7-9-21(10-8-19)29-35(31,32)22-11-12-23-24(15-22)34-14-2-13-33-23/h3-12,15,17,27,29H,2,13-14H2,1H3,(H,28,30)/t17-/m0/s1. The highest BCUT2D eigenvalue weighted by Crippen LogP contribution is 2.32. The van der Waals surface area contributed by atoms with Crippen molar-refractivity contribution in [2.45, 2.75) is 24.3 Å². The molecule has 3 aromatic carbocycles. The molecule has 1 aliphatic rings. The molecule has 0 fully saturated rings. The van der Waals surface area contributed by atoms with Crippen molar-refractivity contribution in [2.24, 2.45) is 0 Å². The van der Waals surface area contributed by atoms with Gasteiger partial charge in [-0.1, -0.05) is 0 Å². The van der Waals surface area contributed by atoms with Gasteiger partial charge in [0.2, 0.25) is 5.91 Å².